The number of anilines is 1. The fourth-order valence-electron chi connectivity index (χ4n) is 5.58. The molecule has 2 atom stereocenters. The summed E-state index contributed by atoms with van der Waals surface area (Å²) in [6.07, 6.45) is 4.32. The van der Waals surface area contributed by atoms with Crippen LogP contribution in [0.25, 0.3) is 34.1 Å². The van der Waals surface area contributed by atoms with Gasteiger partial charge in [0, 0.05) is 37.4 Å². The molecule has 9 heteroatoms. The van der Waals surface area contributed by atoms with E-state index < -0.39 is 11.9 Å². The van der Waals surface area contributed by atoms with Crippen molar-refractivity contribution in [3.05, 3.63) is 94.2 Å². The summed E-state index contributed by atoms with van der Waals surface area (Å²) >= 11 is 6.95. The molecular formula is C32H35ClN6O2. The van der Waals surface area contributed by atoms with Crippen molar-refractivity contribution in [3.8, 4) is 16.9 Å². The fraction of sp³-hybridized carbons (Fsp3) is 0.312. The van der Waals surface area contributed by atoms with Crippen molar-refractivity contribution < 1.29 is 5.11 Å². The van der Waals surface area contributed by atoms with E-state index in [-0.39, 0.29) is 12.0 Å². The number of aliphatic hydroxyl groups is 1. The molecular weight excluding hydrogens is 536 g/mol. The SMILES string of the molecule is C=Cc1ccccc1-c1nc2c(cc1Cl)c(N1CCN(C(O)C=C)C[C@@H]1C)nc(=O)n2-c1c(C)ccnc1C(C)C. The first-order chi connectivity index (χ1) is 19.7. The van der Waals surface area contributed by atoms with Gasteiger partial charge in [-0.1, -0.05) is 68.9 Å². The average molecular weight is 571 g/mol. The molecule has 0 radical (unpaired) electrons. The van der Waals surface area contributed by atoms with Crippen LogP contribution in [-0.4, -0.2) is 61.4 Å². The number of aromatic nitrogens is 4. The van der Waals surface area contributed by atoms with Crippen molar-refractivity contribution in [1.29, 1.82) is 0 Å². The monoisotopic (exact) mass is 570 g/mol. The maximum Gasteiger partial charge on any atom is 0.355 e. The minimum Gasteiger partial charge on any atom is -0.375 e. The number of halogens is 1. The first-order valence-electron chi connectivity index (χ1n) is 13.8. The average Bonchev–Trinajstić information content (AvgIpc) is 2.96. The number of benzene rings is 1. The first kappa shape index (κ1) is 28.7. The van der Waals surface area contributed by atoms with E-state index in [4.69, 9.17) is 16.6 Å². The molecule has 0 aliphatic carbocycles. The zero-order chi connectivity index (χ0) is 29.4. The molecule has 1 aliphatic heterocycles. The van der Waals surface area contributed by atoms with Crippen molar-refractivity contribution in [3.63, 3.8) is 0 Å². The molecule has 0 saturated carbocycles. The Hall–Kier alpha value is -3.85. The van der Waals surface area contributed by atoms with Gasteiger partial charge in [-0.15, -0.1) is 0 Å². The highest BCUT2D eigenvalue weighted by Gasteiger charge is 2.31. The highest BCUT2D eigenvalue weighted by Crippen LogP contribution is 2.36. The molecule has 0 bridgehead atoms. The second-order valence-electron chi connectivity index (χ2n) is 10.7. The molecule has 1 fully saturated rings. The van der Waals surface area contributed by atoms with Crippen LogP contribution in [0.3, 0.4) is 0 Å². The second kappa shape index (κ2) is 11.6. The van der Waals surface area contributed by atoms with E-state index in [1.54, 1.807) is 16.8 Å². The van der Waals surface area contributed by atoms with E-state index in [0.29, 0.717) is 52.9 Å². The number of hydrogen-bond acceptors (Lipinski definition) is 7. The smallest absolute Gasteiger partial charge is 0.355 e. The van der Waals surface area contributed by atoms with Gasteiger partial charge < -0.3 is 10.0 Å². The molecule has 1 unspecified atom stereocenters. The number of nitrogens with zero attached hydrogens (tertiary/aromatic N) is 6. The Morgan fingerprint density at radius 3 is 2.59 bits per heavy atom. The third-order valence-electron chi connectivity index (χ3n) is 7.68. The van der Waals surface area contributed by atoms with Gasteiger partial charge in [0.1, 0.15) is 12.0 Å². The van der Waals surface area contributed by atoms with Gasteiger partial charge >= 0.3 is 5.69 Å². The van der Waals surface area contributed by atoms with Gasteiger partial charge in [-0.2, -0.15) is 4.98 Å². The maximum absolute atomic E-state index is 14.1. The van der Waals surface area contributed by atoms with Gasteiger partial charge in [0.05, 0.1) is 27.5 Å². The maximum atomic E-state index is 14.1. The molecule has 41 heavy (non-hydrogen) atoms. The van der Waals surface area contributed by atoms with E-state index in [2.05, 4.69) is 41.9 Å². The number of hydrogen-bond donors (Lipinski definition) is 1. The van der Waals surface area contributed by atoms with Gasteiger partial charge in [-0.05, 0) is 49.1 Å². The Kier molecular flexibility index (Phi) is 8.09. The fourth-order valence-corrected chi connectivity index (χ4v) is 5.83. The molecule has 0 spiro atoms. The summed E-state index contributed by atoms with van der Waals surface area (Å²) in [6, 6.07) is 11.5. The van der Waals surface area contributed by atoms with E-state index >= 15 is 0 Å². The summed E-state index contributed by atoms with van der Waals surface area (Å²) in [5.41, 5.74) is 4.64. The molecule has 8 nitrogen and oxygen atoms in total. The Labute approximate surface area is 245 Å². The Bertz CT molecular complexity index is 1700. The molecule has 212 valence electrons. The van der Waals surface area contributed by atoms with Gasteiger partial charge in [0.15, 0.2) is 5.65 Å². The number of pyridine rings is 2. The van der Waals surface area contributed by atoms with E-state index in [1.807, 2.05) is 55.1 Å². The highest BCUT2D eigenvalue weighted by atomic mass is 35.5. The van der Waals surface area contributed by atoms with Crippen LogP contribution >= 0.6 is 11.6 Å². The van der Waals surface area contributed by atoms with Crippen LogP contribution in [0.15, 0.2) is 66.6 Å². The van der Waals surface area contributed by atoms with Crippen molar-refractivity contribution in [2.45, 2.75) is 45.9 Å². The quantitative estimate of drug-likeness (QED) is 0.290. The van der Waals surface area contributed by atoms with E-state index in [9.17, 15) is 9.90 Å². The Balaban J connectivity index is 1.82. The second-order valence-corrected chi connectivity index (χ2v) is 11.1. The summed E-state index contributed by atoms with van der Waals surface area (Å²) in [4.78, 5) is 32.5. The minimum absolute atomic E-state index is 0.0457. The number of rotatable bonds is 7. The molecule has 1 aliphatic rings. The normalized spacial score (nSPS) is 16.8. The molecule has 4 aromatic rings. The molecule has 1 saturated heterocycles. The number of fused-ring (bicyclic) bond motifs is 1. The first-order valence-corrected chi connectivity index (χ1v) is 14.2. The van der Waals surface area contributed by atoms with Gasteiger partial charge in [0.25, 0.3) is 0 Å². The third kappa shape index (κ3) is 5.19. The lowest BCUT2D eigenvalue weighted by molar-refractivity contribution is 0.0296. The van der Waals surface area contributed by atoms with Crippen molar-refractivity contribution >= 4 is 34.5 Å². The van der Waals surface area contributed by atoms with E-state index in [0.717, 1.165) is 22.4 Å². The van der Waals surface area contributed by atoms with Crippen LogP contribution in [0.2, 0.25) is 5.02 Å². The third-order valence-corrected chi connectivity index (χ3v) is 7.97. The van der Waals surface area contributed by atoms with Gasteiger partial charge in [0.2, 0.25) is 0 Å². The molecule has 3 aromatic heterocycles. The summed E-state index contributed by atoms with van der Waals surface area (Å²) in [6.45, 7) is 17.5. The standard InChI is InChI=1S/C32H35ClN6O2/c1-7-22-11-9-10-12-23(22)28-25(33)17-24-30(38-16-15-37(18-21(38)6)26(40)8-2)36-32(41)39(31(24)35-28)29-20(5)13-14-34-27(29)19(3)4/h7-14,17,19,21,26,40H,1-2,15-16,18H2,3-6H3/t21-,26?/m0/s1. The van der Waals surface area contributed by atoms with Crippen molar-refractivity contribution in [2.75, 3.05) is 24.5 Å². The topological polar surface area (TPSA) is 87.4 Å². The molecule has 1 N–H and O–H groups in total. The van der Waals surface area contributed by atoms with Crippen LogP contribution in [0.5, 0.6) is 0 Å². The summed E-state index contributed by atoms with van der Waals surface area (Å²) in [5.74, 6) is 0.580. The Morgan fingerprint density at radius 2 is 1.90 bits per heavy atom. The van der Waals surface area contributed by atoms with Crippen LogP contribution in [0.1, 0.15) is 43.5 Å². The number of piperazine rings is 1. The van der Waals surface area contributed by atoms with Crippen molar-refractivity contribution in [1.82, 2.24) is 24.4 Å². The Morgan fingerprint density at radius 1 is 1.15 bits per heavy atom. The summed E-state index contributed by atoms with van der Waals surface area (Å²) < 4.78 is 1.58. The van der Waals surface area contributed by atoms with Crippen LogP contribution in [-0.2, 0) is 0 Å². The number of aliphatic hydroxyl groups excluding tert-OH is 1. The molecule has 1 aromatic carbocycles. The lowest BCUT2D eigenvalue weighted by atomic mass is 10.0. The largest absolute Gasteiger partial charge is 0.375 e. The summed E-state index contributed by atoms with van der Waals surface area (Å²) in [7, 11) is 0. The predicted molar refractivity (Wildman–Crippen MR) is 167 cm³/mol. The van der Waals surface area contributed by atoms with E-state index in [1.165, 1.54) is 6.08 Å². The molecule has 5 rings (SSSR count). The zero-order valence-electron chi connectivity index (χ0n) is 23.9. The molecule has 4 heterocycles. The zero-order valence-corrected chi connectivity index (χ0v) is 24.6. The van der Waals surface area contributed by atoms with Crippen LogP contribution in [0, 0.1) is 6.92 Å². The van der Waals surface area contributed by atoms with Crippen LogP contribution < -0.4 is 10.6 Å². The predicted octanol–water partition coefficient (Wildman–Crippen LogP) is 5.59. The van der Waals surface area contributed by atoms with Gasteiger partial charge in [-0.25, -0.2) is 14.3 Å². The lowest BCUT2D eigenvalue weighted by Crippen LogP contribution is -2.55. The van der Waals surface area contributed by atoms with Crippen LogP contribution in [0.4, 0.5) is 5.82 Å². The van der Waals surface area contributed by atoms with Gasteiger partial charge in [-0.3, -0.25) is 9.88 Å². The summed E-state index contributed by atoms with van der Waals surface area (Å²) in [5, 5.41) is 11.4. The van der Waals surface area contributed by atoms with Crippen molar-refractivity contribution in [2.24, 2.45) is 0 Å². The molecule has 0 amide bonds. The minimum atomic E-state index is -0.732. The number of aryl methyl sites for hydroxylation is 1. The lowest BCUT2D eigenvalue weighted by Gasteiger charge is -2.42. The highest BCUT2D eigenvalue weighted by molar-refractivity contribution is 6.34.